The lowest BCUT2D eigenvalue weighted by Gasteiger charge is -2.22. The number of carboxylic acid groups (broad SMARTS) is 1. The van der Waals surface area contributed by atoms with Gasteiger partial charge >= 0.3 is 12.1 Å². The lowest BCUT2D eigenvalue weighted by molar-refractivity contribution is -0.149. The molecule has 41 heavy (non-hydrogen) atoms. The average molecular weight is 610 g/mol. The third kappa shape index (κ3) is 10.8. The highest BCUT2D eigenvalue weighted by molar-refractivity contribution is 6.34. The van der Waals surface area contributed by atoms with Crippen LogP contribution in [0.25, 0.3) is 0 Å². The molecule has 3 aromatic rings. The first-order chi connectivity index (χ1) is 19.6. The van der Waals surface area contributed by atoms with Crippen molar-refractivity contribution < 1.29 is 37.7 Å². The minimum Gasteiger partial charge on any atom is -0.492 e. The third-order valence-corrected chi connectivity index (χ3v) is 6.49. The molecule has 0 aliphatic heterocycles. The van der Waals surface area contributed by atoms with E-state index in [-0.39, 0.29) is 31.7 Å². The van der Waals surface area contributed by atoms with Crippen molar-refractivity contribution in [2.75, 3.05) is 26.3 Å². The summed E-state index contributed by atoms with van der Waals surface area (Å²) in [7, 11) is 0. The van der Waals surface area contributed by atoms with Crippen LogP contribution in [0.15, 0.2) is 60.7 Å². The van der Waals surface area contributed by atoms with Crippen LogP contribution in [-0.2, 0) is 33.7 Å². The molecule has 7 nitrogen and oxygen atoms in total. The minimum atomic E-state index is -1.03. The second-order valence-electron chi connectivity index (χ2n) is 9.14. The highest BCUT2D eigenvalue weighted by atomic mass is 35.5. The molecule has 1 atom stereocenters. The first-order valence-corrected chi connectivity index (χ1v) is 13.8. The Bertz CT molecular complexity index is 1290. The van der Waals surface area contributed by atoms with Gasteiger partial charge < -0.3 is 24.2 Å². The predicted molar refractivity (Wildman–Crippen MR) is 152 cm³/mol. The van der Waals surface area contributed by atoms with Crippen molar-refractivity contribution in [1.29, 1.82) is 0 Å². The molecule has 0 fully saturated rings. The smallest absolute Gasteiger partial charge is 0.410 e. The maximum atomic E-state index is 14.0. The zero-order valence-corrected chi connectivity index (χ0v) is 24.0. The van der Waals surface area contributed by atoms with E-state index < -0.39 is 29.8 Å². The second-order valence-corrected chi connectivity index (χ2v) is 10.0. The van der Waals surface area contributed by atoms with Gasteiger partial charge in [0.25, 0.3) is 0 Å². The number of halogens is 4. The molecule has 0 aliphatic carbocycles. The molecule has 0 radical (unpaired) electrons. The maximum Gasteiger partial charge on any atom is 0.410 e. The van der Waals surface area contributed by atoms with Crippen molar-refractivity contribution in [2.45, 2.75) is 38.9 Å². The predicted octanol–water partition coefficient (Wildman–Crippen LogP) is 6.95. The molecule has 1 N–H and O–H groups in total. The number of hydrogen-bond donors (Lipinski definition) is 1. The summed E-state index contributed by atoms with van der Waals surface area (Å²) >= 11 is 12.2. The SMILES string of the molecule is CCOC(Cc1ccc(OCCN(CCCc2cc(Cl)cc(Cl)c2)C(=O)OCc2ccc(F)cc2F)cc1)C(=O)O. The van der Waals surface area contributed by atoms with Crippen molar-refractivity contribution >= 4 is 35.3 Å². The maximum absolute atomic E-state index is 14.0. The molecule has 1 unspecified atom stereocenters. The summed E-state index contributed by atoms with van der Waals surface area (Å²) in [6, 6.07) is 15.2. The van der Waals surface area contributed by atoms with Gasteiger partial charge in [0.1, 0.15) is 30.6 Å². The largest absolute Gasteiger partial charge is 0.492 e. The molecule has 0 spiro atoms. The van der Waals surface area contributed by atoms with Crippen LogP contribution in [0.4, 0.5) is 13.6 Å². The van der Waals surface area contributed by atoms with Gasteiger partial charge in [0.15, 0.2) is 6.10 Å². The van der Waals surface area contributed by atoms with E-state index in [4.69, 9.17) is 37.4 Å². The Hall–Kier alpha value is -3.40. The second kappa shape index (κ2) is 16.1. The van der Waals surface area contributed by atoms with Crippen molar-refractivity contribution in [2.24, 2.45) is 0 Å². The van der Waals surface area contributed by atoms with Crippen LogP contribution in [0.5, 0.6) is 5.75 Å². The quantitative estimate of drug-likeness (QED) is 0.201. The van der Waals surface area contributed by atoms with Crippen LogP contribution >= 0.6 is 23.2 Å². The van der Waals surface area contributed by atoms with Crippen LogP contribution in [0, 0.1) is 11.6 Å². The summed E-state index contributed by atoms with van der Waals surface area (Å²) in [4.78, 5) is 25.7. The molecule has 3 rings (SSSR count). The molecule has 0 aromatic heterocycles. The monoisotopic (exact) mass is 609 g/mol. The summed E-state index contributed by atoms with van der Waals surface area (Å²) in [5.74, 6) is -2.02. The fourth-order valence-electron chi connectivity index (χ4n) is 4.02. The van der Waals surface area contributed by atoms with Crippen molar-refractivity contribution in [3.8, 4) is 5.75 Å². The van der Waals surface area contributed by atoms with E-state index in [2.05, 4.69) is 0 Å². The molecule has 11 heteroatoms. The molecular formula is C30H31Cl2F2NO6. The topological polar surface area (TPSA) is 85.3 Å². The number of carbonyl (C=O) groups is 2. The lowest BCUT2D eigenvalue weighted by Crippen LogP contribution is -2.36. The normalized spacial score (nSPS) is 11.6. The number of benzene rings is 3. The average Bonchev–Trinajstić information content (AvgIpc) is 2.91. The first kappa shape index (κ1) is 32.1. The first-order valence-electron chi connectivity index (χ1n) is 13.0. The summed E-state index contributed by atoms with van der Waals surface area (Å²) in [6.45, 7) is 2.30. The standard InChI is InChI=1S/C30H31Cl2F2NO6/c1-2-39-28(29(36)37)16-20-5-9-26(10-6-20)40-13-12-35(11-3-4-21-14-23(31)17-24(32)15-21)30(38)41-19-22-7-8-25(33)18-27(22)34/h5-10,14-15,17-18,28H,2-4,11-13,16,19H2,1H3,(H,36,37). The number of carboxylic acids is 1. The molecule has 3 aromatic carbocycles. The van der Waals surface area contributed by atoms with Gasteiger partial charge in [-0.3, -0.25) is 0 Å². The summed E-state index contributed by atoms with van der Waals surface area (Å²) in [5.41, 5.74) is 1.74. The number of rotatable bonds is 15. The van der Waals surface area contributed by atoms with Gasteiger partial charge in [0.05, 0.1) is 6.54 Å². The highest BCUT2D eigenvalue weighted by Crippen LogP contribution is 2.20. The van der Waals surface area contributed by atoms with Gasteiger partial charge in [0, 0.05) is 41.2 Å². The molecule has 0 saturated heterocycles. The van der Waals surface area contributed by atoms with E-state index >= 15 is 0 Å². The van der Waals surface area contributed by atoms with Gasteiger partial charge in [-0.2, -0.15) is 0 Å². The van der Waals surface area contributed by atoms with Crippen LogP contribution < -0.4 is 4.74 Å². The zero-order valence-electron chi connectivity index (χ0n) is 22.5. The minimum absolute atomic E-state index is 0.0547. The molecule has 0 saturated carbocycles. The van der Waals surface area contributed by atoms with E-state index in [0.29, 0.717) is 41.8 Å². The number of hydrogen-bond acceptors (Lipinski definition) is 5. The van der Waals surface area contributed by atoms with Gasteiger partial charge in [-0.05, 0) is 73.4 Å². The van der Waals surface area contributed by atoms with E-state index in [1.54, 1.807) is 49.4 Å². The van der Waals surface area contributed by atoms with Crippen molar-refractivity contribution in [3.05, 3.63) is 99.0 Å². The number of ether oxygens (including phenoxy) is 3. The summed E-state index contributed by atoms with van der Waals surface area (Å²) in [6.07, 6.45) is -0.228. The Balaban J connectivity index is 1.58. The van der Waals surface area contributed by atoms with Gasteiger partial charge in [0.2, 0.25) is 0 Å². The fraction of sp³-hybridized carbons (Fsp3) is 0.333. The molecule has 0 heterocycles. The Morgan fingerprint density at radius 2 is 1.66 bits per heavy atom. The lowest BCUT2D eigenvalue weighted by atomic mass is 10.1. The van der Waals surface area contributed by atoms with Crippen LogP contribution in [0.1, 0.15) is 30.0 Å². The Morgan fingerprint density at radius 1 is 0.951 bits per heavy atom. The highest BCUT2D eigenvalue weighted by Gasteiger charge is 2.19. The van der Waals surface area contributed by atoms with Crippen LogP contribution in [0.2, 0.25) is 10.0 Å². The van der Waals surface area contributed by atoms with Crippen molar-refractivity contribution in [3.63, 3.8) is 0 Å². The van der Waals surface area contributed by atoms with E-state index in [9.17, 15) is 23.5 Å². The van der Waals surface area contributed by atoms with Crippen LogP contribution in [-0.4, -0.2) is 54.5 Å². The number of carbonyl (C=O) groups excluding carboxylic acids is 1. The molecule has 1 amide bonds. The number of aliphatic carboxylic acids is 1. The Kier molecular flexibility index (Phi) is 12.6. The third-order valence-electron chi connectivity index (χ3n) is 6.06. The van der Waals surface area contributed by atoms with Crippen molar-refractivity contribution in [1.82, 2.24) is 4.90 Å². The molecule has 0 bridgehead atoms. The number of amides is 1. The molecular weight excluding hydrogens is 579 g/mol. The van der Waals surface area contributed by atoms with Gasteiger partial charge in [-0.25, -0.2) is 18.4 Å². The van der Waals surface area contributed by atoms with Crippen LogP contribution in [0.3, 0.4) is 0 Å². The van der Waals surface area contributed by atoms with Gasteiger partial charge in [-0.1, -0.05) is 35.3 Å². The van der Waals surface area contributed by atoms with E-state index in [0.717, 1.165) is 23.3 Å². The summed E-state index contributed by atoms with van der Waals surface area (Å²) < 4.78 is 43.6. The zero-order chi connectivity index (χ0) is 29.8. The number of aryl methyl sites for hydroxylation is 1. The molecule has 0 aliphatic rings. The Labute approximate surface area is 247 Å². The van der Waals surface area contributed by atoms with Gasteiger partial charge in [-0.15, -0.1) is 0 Å². The van der Waals surface area contributed by atoms with E-state index in [1.165, 1.54) is 11.0 Å². The number of nitrogens with zero attached hydrogens (tertiary/aromatic N) is 1. The Morgan fingerprint density at radius 3 is 2.29 bits per heavy atom. The summed E-state index contributed by atoms with van der Waals surface area (Å²) in [5, 5.41) is 10.3. The fourth-order valence-corrected chi connectivity index (χ4v) is 4.59. The van der Waals surface area contributed by atoms with E-state index in [1.807, 2.05) is 0 Å². The molecule has 220 valence electrons.